The third kappa shape index (κ3) is 4.19. The Morgan fingerprint density at radius 3 is 1.90 bits per heavy atom. The first-order chi connectivity index (χ1) is 24.8. The molecule has 0 bridgehead atoms. The standard InChI is InChI=1S/C48H33NS/c1-2-14-37-35(12-1)36-13-3-4-15-38(36)43-27-31(20-23-39(37)43)30-10-9-11-34(26-30)49-45-18-7-5-16-40(45)41-24-21-33(29-46(41)49)32-22-25-48-44(28-32)42-17-6-8-19-47(42)50-48/h1-10,12-29,34,41,46H,11H2/t34?,41?,46-/m0/s1. The van der Waals surface area contributed by atoms with E-state index in [0.29, 0.717) is 5.92 Å². The van der Waals surface area contributed by atoms with Crippen molar-refractivity contribution < 1.29 is 0 Å². The molecule has 50 heavy (non-hydrogen) atoms. The lowest BCUT2D eigenvalue weighted by molar-refractivity contribution is 0.616. The first-order valence-electron chi connectivity index (χ1n) is 17.7. The molecule has 3 atom stereocenters. The summed E-state index contributed by atoms with van der Waals surface area (Å²) >= 11 is 1.88. The summed E-state index contributed by atoms with van der Waals surface area (Å²) in [6.07, 6.45) is 15.6. The third-order valence-electron chi connectivity index (χ3n) is 11.3. The molecule has 0 spiro atoms. The Hall–Kier alpha value is -5.70. The van der Waals surface area contributed by atoms with Crippen molar-refractivity contribution in [1.29, 1.82) is 0 Å². The lowest BCUT2D eigenvalue weighted by atomic mass is 9.86. The maximum atomic E-state index is 2.70. The van der Waals surface area contributed by atoms with Gasteiger partial charge in [-0.25, -0.2) is 0 Å². The van der Waals surface area contributed by atoms with E-state index in [9.17, 15) is 0 Å². The zero-order valence-electron chi connectivity index (χ0n) is 27.5. The van der Waals surface area contributed by atoms with Crippen LogP contribution in [0.4, 0.5) is 5.69 Å². The fourth-order valence-corrected chi connectivity index (χ4v) is 10.1. The van der Waals surface area contributed by atoms with E-state index in [-0.39, 0.29) is 12.1 Å². The second kappa shape index (κ2) is 10.9. The van der Waals surface area contributed by atoms with E-state index in [1.54, 1.807) is 0 Å². The van der Waals surface area contributed by atoms with Gasteiger partial charge in [0.1, 0.15) is 0 Å². The lowest BCUT2D eigenvalue weighted by Gasteiger charge is -2.36. The summed E-state index contributed by atoms with van der Waals surface area (Å²) in [5, 5.41) is 10.6. The molecule has 8 aromatic rings. The number of hydrogen-bond donors (Lipinski definition) is 0. The topological polar surface area (TPSA) is 3.24 Å². The van der Waals surface area contributed by atoms with Gasteiger partial charge in [-0.2, -0.15) is 0 Å². The Balaban J connectivity index is 1.01. The van der Waals surface area contributed by atoms with Crippen molar-refractivity contribution in [3.05, 3.63) is 187 Å². The molecule has 1 aliphatic heterocycles. The minimum atomic E-state index is 0.252. The van der Waals surface area contributed by atoms with E-state index < -0.39 is 0 Å². The van der Waals surface area contributed by atoms with Crippen molar-refractivity contribution in [1.82, 2.24) is 0 Å². The smallest absolute Gasteiger partial charge is 0.0592 e. The van der Waals surface area contributed by atoms with Gasteiger partial charge in [0, 0.05) is 31.8 Å². The van der Waals surface area contributed by atoms with Crippen LogP contribution in [0.2, 0.25) is 0 Å². The molecule has 2 heterocycles. The highest BCUT2D eigenvalue weighted by atomic mass is 32.1. The van der Waals surface area contributed by atoms with Crippen molar-refractivity contribution in [2.45, 2.75) is 24.4 Å². The van der Waals surface area contributed by atoms with Gasteiger partial charge in [0.05, 0.1) is 12.1 Å². The molecule has 0 saturated heterocycles. The van der Waals surface area contributed by atoms with Crippen LogP contribution in [-0.4, -0.2) is 12.1 Å². The number of hydrogen-bond acceptors (Lipinski definition) is 2. The van der Waals surface area contributed by atoms with E-state index in [1.165, 1.54) is 86.0 Å². The van der Waals surface area contributed by atoms with Crippen LogP contribution in [-0.2, 0) is 0 Å². The van der Waals surface area contributed by atoms with Crippen LogP contribution < -0.4 is 4.90 Å². The van der Waals surface area contributed by atoms with Crippen LogP contribution in [0.25, 0.3) is 63.6 Å². The van der Waals surface area contributed by atoms with Gasteiger partial charge >= 0.3 is 0 Å². The quantitative estimate of drug-likeness (QED) is 0.171. The number of thiophene rings is 1. The molecule has 0 saturated carbocycles. The van der Waals surface area contributed by atoms with Crippen molar-refractivity contribution in [2.75, 3.05) is 4.90 Å². The largest absolute Gasteiger partial charge is 0.357 e. The Morgan fingerprint density at radius 2 is 1.10 bits per heavy atom. The molecule has 0 radical (unpaired) electrons. The number of benzene rings is 7. The maximum Gasteiger partial charge on any atom is 0.0592 e. The number of para-hydroxylation sites is 1. The number of rotatable bonds is 3. The van der Waals surface area contributed by atoms with Gasteiger partial charge in [-0.1, -0.05) is 140 Å². The molecule has 1 nitrogen and oxygen atoms in total. The van der Waals surface area contributed by atoms with Gasteiger partial charge < -0.3 is 4.90 Å². The first kappa shape index (κ1) is 28.2. The number of nitrogens with zero attached hydrogens (tertiary/aromatic N) is 1. The van der Waals surface area contributed by atoms with Gasteiger partial charge in [0.25, 0.3) is 0 Å². The zero-order valence-corrected chi connectivity index (χ0v) is 28.3. The molecule has 0 fully saturated rings. The van der Waals surface area contributed by atoms with Crippen LogP contribution in [0.5, 0.6) is 0 Å². The molecule has 2 unspecified atom stereocenters. The Kier molecular flexibility index (Phi) is 6.14. The van der Waals surface area contributed by atoms with Crippen LogP contribution in [0.1, 0.15) is 29.0 Å². The minimum absolute atomic E-state index is 0.252. The molecule has 236 valence electrons. The van der Waals surface area contributed by atoms with E-state index >= 15 is 0 Å². The van der Waals surface area contributed by atoms with Gasteiger partial charge in [-0.3, -0.25) is 0 Å². The number of allylic oxidation sites excluding steroid dienone is 4. The lowest BCUT2D eigenvalue weighted by Crippen LogP contribution is -2.41. The highest BCUT2D eigenvalue weighted by molar-refractivity contribution is 7.25. The zero-order chi connectivity index (χ0) is 32.8. The van der Waals surface area contributed by atoms with Crippen molar-refractivity contribution in [3.63, 3.8) is 0 Å². The summed E-state index contributed by atoms with van der Waals surface area (Å²) in [4.78, 5) is 2.70. The van der Waals surface area contributed by atoms with Crippen LogP contribution in [0, 0.1) is 0 Å². The highest BCUT2D eigenvalue weighted by Crippen LogP contribution is 2.48. The molecule has 2 aliphatic carbocycles. The summed E-state index contributed by atoms with van der Waals surface area (Å²) in [7, 11) is 0. The van der Waals surface area contributed by atoms with E-state index in [2.05, 4.69) is 175 Å². The van der Waals surface area contributed by atoms with Crippen molar-refractivity contribution in [2.24, 2.45) is 0 Å². The predicted molar refractivity (Wildman–Crippen MR) is 216 cm³/mol. The molecule has 3 aliphatic rings. The minimum Gasteiger partial charge on any atom is -0.357 e. The summed E-state index contributed by atoms with van der Waals surface area (Å²) < 4.78 is 2.70. The molecule has 1 aromatic heterocycles. The van der Waals surface area contributed by atoms with E-state index in [4.69, 9.17) is 0 Å². The molecule has 2 heteroatoms. The Bertz CT molecular complexity index is 2790. The normalized spacial score (nSPS) is 19.8. The average molecular weight is 656 g/mol. The predicted octanol–water partition coefficient (Wildman–Crippen LogP) is 12.9. The molecular formula is C48H33NS. The fraction of sp³-hybridized carbons (Fsp3) is 0.0833. The molecule has 0 amide bonds. The fourth-order valence-electron chi connectivity index (χ4n) is 9.01. The SMILES string of the molecule is C1=CC(c2ccc3c4ccccc4c4ccccc4c3c2)=CC(N2c3ccccc3C3C=CC(c4ccc5sc6ccccc6c5c4)=C[C@@H]32)C1. The highest BCUT2D eigenvalue weighted by Gasteiger charge is 2.40. The monoisotopic (exact) mass is 655 g/mol. The maximum absolute atomic E-state index is 2.70. The molecule has 0 N–H and O–H groups in total. The first-order valence-corrected chi connectivity index (χ1v) is 18.5. The van der Waals surface area contributed by atoms with Gasteiger partial charge in [-0.15, -0.1) is 11.3 Å². The van der Waals surface area contributed by atoms with Crippen molar-refractivity contribution >= 4 is 80.7 Å². The van der Waals surface area contributed by atoms with Crippen molar-refractivity contribution in [3.8, 4) is 0 Å². The van der Waals surface area contributed by atoms with E-state index in [1.807, 2.05) is 11.3 Å². The van der Waals surface area contributed by atoms with Gasteiger partial charge in [-0.05, 0) is 96.9 Å². The van der Waals surface area contributed by atoms with Gasteiger partial charge in [0.15, 0.2) is 0 Å². The number of anilines is 1. The summed E-state index contributed by atoms with van der Waals surface area (Å²) in [5.41, 5.74) is 7.96. The van der Waals surface area contributed by atoms with Crippen LogP contribution in [0.3, 0.4) is 0 Å². The van der Waals surface area contributed by atoms with Crippen LogP contribution in [0.15, 0.2) is 170 Å². The van der Waals surface area contributed by atoms with E-state index in [0.717, 1.165) is 6.42 Å². The van der Waals surface area contributed by atoms with Gasteiger partial charge in [0.2, 0.25) is 0 Å². The third-order valence-corrected chi connectivity index (χ3v) is 12.4. The second-order valence-electron chi connectivity index (χ2n) is 14.0. The molecular weight excluding hydrogens is 623 g/mol. The Morgan fingerprint density at radius 1 is 0.500 bits per heavy atom. The second-order valence-corrected chi connectivity index (χ2v) is 15.0. The molecule has 7 aromatic carbocycles. The Labute approximate surface area is 295 Å². The average Bonchev–Trinajstić information content (AvgIpc) is 3.73. The molecule has 11 rings (SSSR count). The summed E-state index contributed by atoms with van der Waals surface area (Å²) in [6, 6.07) is 50.2. The number of fused-ring (bicyclic) bond motifs is 12. The van der Waals surface area contributed by atoms with Crippen LogP contribution >= 0.6 is 11.3 Å². The summed E-state index contributed by atoms with van der Waals surface area (Å²) in [5.74, 6) is 0.337. The summed E-state index contributed by atoms with van der Waals surface area (Å²) in [6.45, 7) is 0.